The van der Waals surface area contributed by atoms with Crippen LogP contribution in [-0.2, 0) is 4.79 Å². The topological polar surface area (TPSA) is 35.9 Å². The molecule has 0 saturated carbocycles. The van der Waals surface area contributed by atoms with Gasteiger partial charge in [-0.3, -0.25) is 9.69 Å². The lowest BCUT2D eigenvalue weighted by Crippen LogP contribution is -2.41. The average molecular weight is 396 g/mol. The first kappa shape index (κ1) is 19.2. The summed E-state index contributed by atoms with van der Waals surface area (Å²) >= 11 is 6.48. The highest BCUT2D eigenvalue weighted by molar-refractivity contribution is 6.31. The highest BCUT2D eigenvalue weighted by Gasteiger charge is 2.35. The molecule has 1 fully saturated rings. The molecular formula is C23H26ClN3O. The van der Waals surface area contributed by atoms with Crippen LogP contribution in [-0.4, -0.2) is 41.2 Å². The lowest BCUT2D eigenvalue weighted by Gasteiger charge is -2.31. The molecule has 2 aliphatic rings. The standard InChI is InChI=1S/C23H26ClN3O/c1-17-11-13-26(14-12-17)16-23(28)27-22(19-9-5-6-10-20(19)24)15-21(25-27)18-7-3-2-4-8-18/h2-10,17,22H,11-16H2,1H3. The monoisotopic (exact) mass is 395 g/mol. The van der Waals surface area contributed by atoms with Crippen molar-refractivity contribution in [3.8, 4) is 0 Å². The second-order valence-corrected chi connectivity index (χ2v) is 8.26. The number of hydrogen-bond donors (Lipinski definition) is 0. The van der Waals surface area contributed by atoms with Crippen LogP contribution in [0, 0.1) is 5.92 Å². The van der Waals surface area contributed by atoms with E-state index in [4.69, 9.17) is 16.7 Å². The first-order valence-electron chi connectivity index (χ1n) is 10.0. The number of benzene rings is 2. The van der Waals surface area contributed by atoms with Gasteiger partial charge in [0.25, 0.3) is 5.91 Å². The summed E-state index contributed by atoms with van der Waals surface area (Å²) in [5.41, 5.74) is 2.95. The van der Waals surface area contributed by atoms with Crippen LogP contribution >= 0.6 is 11.6 Å². The third kappa shape index (κ3) is 4.13. The van der Waals surface area contributed by atoms with E-state index in [2.05, 4.69) is 11.8 Å². The lowest BCUT2D eigenvalue weighted by atomic mass is 9.98. The molecule has 0 bridgehead atoms. The van der Waals surface area contributed by atoms with Crippen molar-refractivity contribution in [2.45, 2.75) is 32.2 Å². The van der Waals surface area contributed by atoms with E-state index in [9.17, 15) is 4.79 Å². The Kier molecular flexibility index (Phi) is 5.79. The summed E-state index contributed by atoms with van der Waals surface area (Å²) in [4.78, 5) is 15.5. The minimum atomic E-state index is -0.153. The van der Waals surface area contributed by atoms with E-state index in [0.717, 1.165) is 48.7 Å². The van der Waals surface area contributed by atoms with Crippen LogP contribution in [0.4, 0.5) is 0 Å². The van der Waals surface area contributed by atoms with E-state index in [1.54, 1.807) is 5.01 Å². The summed E-state index contributed by atoms with van der Waals surface area (Å²) in [5.74, 6) is 0.794. The van der Waals surface area contributed by atoms with Gasteiger partial charge in [-0.2, -0.15) is 5.10 Å². The van der Waals surface area contributed by atoms with E-state index in [-0.39, 0.29) is 11.9 Å². The fourth-order valence-electron chi connectivity index (χ4n) is 4.02. The van der Waals surface area contributed by atoms with Crippen LogP contribution < -0.4 is 0 Å². The number of piperidine rings is 1. The van der Waals surface area contributed by atoms with Crippen molar-refractivity contribution in [3.05, 3.63) is 70.7 Å². The molecule has 5 heteroatoms. The average Bonchev–Trinajstić information content (AvgIpc) is 3.16. The Bertz CT molecular complexity index is 859. The summed E-state index contributed by atoms with van der Waals surface area (Å²) in [5, 5.41) is 7.10. The SMILES string of the molecule is CC1CCN(CC(=O)N2N=C(c3ccccc3)CC2c2ccccc2Cl)CC1. The molecule has 2 heterocycles. The van der Waals surface area contributed by atoms with Gasteiger partial charge in [0.15, 0.2) is 0 Å². The predicted molar refractivity (Wildman–Crippen MR) is 113 cm³/mol. The maximum absolute atomic E-state index is 13.2. The molecule has 1 amide bonds. The van der Waals surface area contributed by atoms with Gasteiger partial charge < -0.3 is 0 Å². The second kappa shape index (κ2) is 8.46. The predicted octanol–water partition coefficient (Wildman–Crippen LogP) is 4.75. The quantitative estimate of drug-likeness (QED) is 0.748. The lowest BCUT2D eigenvalue weighted by molar-refractivity contribution is -0.134. The molecule has 2 aliphatic heterocycles. The van der Waals surface area contributed by atoms with Gasteiger partial charge in [0, 0.05) is 11.4 Å². The molecule has 0 aliphatic carbocycles. The number of hydrogen-bond acceptors (Lipinski definition) is 3. The maximum Gasteiger partial charge on any atom is 0.257 e. The van der Waals surface area contributed by atoms with Crippen molar-refractivity contribution >= 4 is 23.2 Å². The number of likely N-dealkylation sites (tertiary alicyclic amines) is 1. The highest BCUT2D eigenvalue weighted by Crippen LogP contribution is 2.36. The Labute approximate surface area is 171 Å². The maximum atomic E-state index is 13.2. The molecule has 146 valence electrons. The van der Waals surface area contributed by atoms with E-state index in [1.165, 1.54) is 0 Å². The number of nitrogens with zero attached hydrogens (tertiary/aromatic N) is 3. The molecule has 28 heavy (non-hydrogen) atoms. The van der Waals surface area contributed by atoms with Gasteiger partial charge in [-0.1, -0.05) is 67.1 Å². The van der Waals surface area contributed by atoms with Crippen LogP contribution in [0.25, 0.3) is 0 Å². The number of carbonyl (C=O) groups excluding carboxylic acids is 1. The van der Waals surface area contributed by atoms with Gasteiger partial charge in [0.1, 0.15) is 0 Å². The number of rotatable bonds is 4. The van der Waals surface area contributed by atoms with Gasteiger partial charge in [-0.05, 0) is 49.0 Å². The molecule has 2 aromatic rings. The van der Waals surface area contributed by atoms with Crippen molar-refractivity contribution in [2.24, 2.45) is 11.0 Å². The first-order valence-corrected chi connectivity index (χ1v) is 10.4. The van der Waals surface area contributed by atoms with Gasteiger partial charge >= 0.3 is 0 Å². The third-order valence-corrected chi connectivity index (χ3v) is 6.12. The molecule has 0 spiro atoms. The molecule has 0 N–H and O–H groups in total. The van der Waals surface area contributed by atoms with Crippen molar-refractivity contribution in [1.82, 2.24) is 9.91 Å². The fraction of sp³-hybridized carbons (Fsp3) is 0.391. The summed E-state index contributed by atoms with van der Waals surface area (Å²) in [6.07, 6.45) is 2.98. The molecule has 4 rings (SSSR count). The molecule has 4 nitrogen and oxygen atoms in total. The van der Waals surface area contributed by atoms with Gasteiger partial charge in [-0.25, -0.2) is 5.01 Å². The van der Waals surface area contributed by atoms with Crippen molar-refractivity contribution in [1.29, 1.82) is 0 Å². The number of hydrazone groups is 1. The Morgan fingerprint density at radius 1 is 1.07 bits per heavy atom. The molecule has 1 atom stereocenters. The van der Waals surface area contributed by atoms with E-state index in [1.807, 2.05) is 54.6 Å². The molecule has 0 aromatic heterocycles. The van der Waals surface area contributed by atoms with Gasteiger partial charge in [0.05, 0.1) is 18.3 Å². The van der Waals surface area contributed by atoms with Crippen LogP contribution in [0.15, 0.2) is 59.7 Å². The smallest absolute Gasteiger partial charge is 0.257 e. The summed E-state index contributed by atoms with van der Waals surface area (Å²) in [6.45, 7) is 4.66. The van der Waals surface area contributed by atoms with Crippen molar-refractivity contribution in [2.75, 3.05) is 19.6 Å². The van der Waals surface area contributed by atoms with Crippen LogP contribution in [0.3, 0.4) is 0 Å². The van der Waals surface area contributed by atoms with Crippen LogP contribution in [0.5, 0.6) is 0 Å². The Balaban J connectivity index is 1.59. The fourth-order valence-corrected chi connectivity index (χ4v) is 4.28. The van der Waals surface area contributed by atoms with Crippen LogP contribution in [0.2, 0.25) is 5.02 Å². The number of carbonyl (C=O) groups is 1. The molecule has 0 radical (unpaired) electrons. The van der Waals surface area contributed by atoms with E-state index >= 15 is 0 Å². The summed E-state index contributed by atoms with van der Waals surface area (Å²) in [7, 11) is 0. The van der Waals surface area contributed by atoms with Crippen molar-refractivity contribution in [3.63, 3.8) is 0 Å². The van der Waals surface area contributed by atoms with Gasteiger partial charge in [0.2, 0.25) is 0 Å². The number of halogens is 1. The summed E-state index contributed by atoms with van der Waals surface area (Å²) < 4.78 is 0. The van der Waals surface area contributed by atoms with Gasteiger partial charge in [-0.15, -0.1) is 0 Å². The molecular weight excluding hydrogens is 370 g/mol. The Morgan fingerprint density at radius 2 is 1.75 bits per heavy atom. The van der Waals surface area contributed by atoms with Crippen LogP contribution in [0.1, 0.15) is 43.4 Å². The Hall–Kier alpha value is -2.17. The molecule has 1 saturated heterocycles. The highest BCUT2D eigenvalue weighted by atomic mass is 35.5. The molecule has 1 unspecified atom stereocenters. The second-order valence-electron chi connectivity index (χ2n) is 7.85. The first-order chi connectivity index (χ1) is 13.6. The number of amides is 1. The third-order valence-electron chi connectivity index (χ3n) is 5.77. The zero-order valence-electron chi connectivity index (χ0n) is 16.2. The minimum absolute atomic E-state index is 0.0467. The molecule has 2 aromatic carbocycles. The zero-order chi connectivity index (χ0) is 19.5. The minimum Gasteiger partial charge on any atom is -0.294 e. The normalized spacial score (nSPS) is 21.0. The van der Waals surface area contributed by atoms with Crippen molar-refractivity contribution < 1.29 is 4.79 Å². The van der Waals surface area contributed by atoms with E-state index in [0.29, 0.717) is 18.0 Å². The largest absolute Gasteiger partial charge is 0.294 e. The van der Waals surface area contributed by atoms with E-state index < -0.39 is 0 Å². The Morgan fingerprint density at radius 3 is 2.46 bits per heavy atom. The zero-order valence-corrected chi connectivity index (χ0v) is 17.0. The summed E-state index contributed by atoms with van der Waals surface area (Å²) in [6, 6.07) is 17.7.